The summed E-state index contributed by atoms with van der Waals surface area (Å²) in [5.74, 6) is 0.574. The van der Waals surface area contributed by atoms with Crippen molar-refractivity contribution < 1.29 is 4.74 Å². The lowest BCUT2D eigenvalue weighted by molar-refractivity contribution is 0.278. The third-order valence-electron chi connectivity index (χ3n) is 2.68. The van der Waals surface area contributed by atoms with Crippen LogP contribution in [-0.4, -0.2) is 14.8 Å². The highest BCUT2D eigenvalue weighted by atomic mass is 35.5. The van der Waals surface area contributed by atoms with Gasteiger partial charge < -0.3 is 10.5 Å². The number of halogens is 1. The van der Waals surface area contributed by atoms with Crippen molar-refractivity contribution in [1.82, 2.24) is 9.78 Å². The third kappa shape index (κ3) is 3.05. The average Bonchev–Trinajstić information content (AvgIpc) is 2.61. The molecule has 0 aliphatic heterocycles. The van der Waals surface area contributed by atoms with Crippen molar-refractivity contribution in [3.63, 3.8) is 0 Å². The second-order valence-corrected chi connectivity index (χ2v) is 5.05. The van der Waals surface area contributed by atoms with Crippen LogP contribution in [0.3, 0.4) is 0 Å². The van der Waals surface area contributed by atoms with Gasteiger partial charge in [0.1, 0.15) is 11.6 Å². The molecule has 6 heteroatoms. The van der Waals surface area contributed by atoms with E-state index in [4.69, 9.17) is 34.3 Å². The van der Waals surface area contributed by atoms with E-state index < -0.39 is 0 Å². The predicted octanol–water partition coefficient (Wildman–Crippen LogP) is 2.60. The number of rotatable bonds is 4. The van der Waals surface area contributed by atoms with Gasteiger partial charge in [0, 0.05) is 12.1 Å². The van der Waals surface area contributed by atoms with Gasteiger partial charge in [-0.1, -0.05) is 36.0 Å². The number of benzene rings is 1. The average molecular weight is 296 g/mol. The summed E-state index contributed by atoms with van der Waals surface area (Å²) >= 11 is 11.0. The van der Waals surface area contributed by atoms with Crippen molar-refractivity contribution in [1.29, 1.82) is 0 Å². The van der Waals surface area contributed by atoms with Crippen molar-refractivity contribution >= 4 is 28.8 Å². The summed E-state index contributed by atoms with van der Waals surface area (Å²) in [4.78, 5) is 0.284. The van der Waals surface area contributed by atoms with Gasteiger partial charge in [-0.3, -0.25) is 0 Å². The molecular weight excluding hydrogens is 282 g/mol. The largest absolute Gasteiger partial charge is 0.472 e. The first-order valence-electron chi connectivity index (χ1n) is 5.69. The second-order valence-electron chi connectivity index (χ2n) is 4.17. The Morgan fingerprint density at radius 2 is 2.26 bits per heavy atom. The van der Waals surface area contributed by atoms with Crippen molar-refractivity contribution in [2.24, 2.45) is 12.8 Å². The van der Waals surface area contributed by atoms with E-state index in [9.17, 15) is 0 Å². The Hall–Kier alpha value is -1.59. The SMILES string of the molecule is Cc1nn(C)c(OCc2cccc(Cl)c2)c1C(N)=S. The maximum Gasteiger partial charge on any atom is 0.222 e. The molecule has 0 spiro atoms. The first kappa shape index (κ1) is 13.8. The molecule has 0 fully saturated rings. The summed E-state index contributed by atoms with van der Waals surface area (Å²) in [5.41, 5.74) is 8.11. The smallest absolute Gasteiger partial charge is 0.222 e. The Balaban J connectivity index is 2.22. The molecule has 2 rings (SSSR count). The molecule has 4 nitrogen and oxygen atoms in total. The van der Waals surface area contributed by atoms with Crippen LogP contribution in [0.25, 0.3) is 0 Å². The van der Waals surface area contributed by atoms with E-state index in [1.807, 2.05) is 31.2 Å². The molecule has 2 aromatic rings. The molecule has 0 bridgehead atoms. The second kappa shape index (κ2) is 5.59. The molecule has 2 N–H and O–H groups in total. The number of nitrogens with zero attached hydrogens (tertiary/aromatic N) is 2. The Morgan fingerprint density at radius 3 is 2.89 bits per heavy atom. The van der Waals surface area contributed by atoms with Gasteiger partial charge in [-0.25, -0.2) is 4.68 Å². The number of aromatic nitrogens is 2. The zero-order valence-corrected chi connectivity index (χ0v) is 12.3. The van der Waals surface area contributed by atoms with Crippen LogP contribution < -0.4 is 10.5 Å². The van der Waals surface area contributed by atoms with Gasteiger partial charge in [0.05, 0.1) is 11.3 Å². The summed E-state index contributed by atoms with van der Waals surface area (Å²) in [6.07, 6.45) is 0. The highest BCUT2D eigenvalue weighted by Gasteiger charge is 2.17. The molecule has 100 valence electrons. The molecule has 0 atom stereocenters. The Labute approximate surface area is 122 Å². The Kier molecular flexibility index (Phi) is 4.07. The van der Waals surface area contributed by atoms with Gasteiger partial charge in [0.2, 0.25) is 5.88 Å². The van der Waals surface area contributed by atoms with Crippen LogP contribution in [0.15, 0.2) is 24.3 Å². The lowest BCUT2D eigenvalue weighted by Crippen LogP contribution is -2.12. The maximum atomic E-state index is 5.93. The molecular formula is C13H14ClN3OS. The summed E-state index contributed by atoms with van der Waals surface area (Å²) in [6.45, 7) is 2.23. The standard InChI is InChI=1S/C13H14ClN3OS/c1-8-11(12(15)19)13(17(2)16-8)18-7-9-4-3-5-10(14)6-9/h3-6H,7H2,1-2H3,(H2,15,19). The Morgan fingerprint density at radius 1 is 1.53 bits per heavy atom. The minimum absolute atomic E-state index is 0.284. The molecule has 0 aliphatic rings. The molecule has 19 heavy (non-hydrogen) atoms. The number of thiocarbonyl (C=S) groups is 1. The van der Waals surface area contributed by atoms with Crippen LogP contribution in [-0.2, 0) is 13.7 Å². The Bertz CT molecular complexity index is 624. The highest BCUT2D eigenvalue weighted by Crippen LogP contribution is 2.22. The van der Waals surface area contributed by atoms with E-state index in [1.54, 1.807) is 11.7 Å². The topological polar surface area (TPSA) is 53.1 Å². The molecule has 1 aromatic heterocycles. The predicted molar refractivity (Wildman–Crippen MR) is 79.6 cm³/mol. The summed E-state index contributed by atoms with van der Waals surface area (Å²) in [5, 5.41) is 4.94. The number of hydrogen-bond acceptors (Lipinski definition) is 3. The minimum atomic E-state index is 0.284. The van der Waals surface area contributed by atoms with Crippen molar-refractivity contribution in [2.45, 2.75) is 13.5 Å². The van der Waals surface area contributed by atoms with Crippen molar-refractivity contribution in [2.75, 3.05) is 0 Å². The van der Waals surface area contributed by atoms with E-state index in [2.05, 4.69) is 5.10 Å². The van der Waals surface area contributed by atoms with Gasteiger partial charge in [0.15, 0.2) is 0 Å². The zero-order valence-electron chi connectivity index (χ0n) is 10.7. The van der Waals surface area contributed by atoms with Gasteiger partial charge in [-0.15, -0.1) is 0 Å². The van der Waals surface area contributed by atoms with Crippen molar-refractivity contribution in [3.8, 4) is 5.88 Å². The number of nitrogens with two attached hydrogens (primary N) is 1. The molecule has 0 unspecified atom stereocenters. The van der Waals surface area contributed by atoms with Crippen LogP contribution in [0.1, 0.15) is 16.8 Å². The van der Waals surface area contributed by atoms with Crippen LogP contribution in [0.4, 0.5) is 0 Å². The van der Waals surface area contributed by atoms with E-state index >= 15 is 0 Å². The highest BCUT2D eigenvalue weighted by molar-refractivity contribution is 7.80. The molecule has 0 amide bonds. The molecule has 0 saturated heterocycles. The maximum absolute atomic E-state index is 5.93. The first-order chi connectivity index (χ1) is 8.99. The normalized spacial score (nSPS) is 10.5. The molecule has 0 aliphatic carbocycles. The number of hydrogen-bond donors (Lipinski definition) is 1. The number of ether oxygens (including phenoxy) is 1. The van der Waals surface area contributed by atoms with Gasteiger partial charge in [-0.2, -0.15) is 5.10 Å². The minimum Gasteiger partial charge on any atom is -0.472 e. The first-order valence-corrected chi connectivity index (χ1v) is 6.48. The van der Waals surface area contributed by atoms with Crippen LogP contribution in [0.2, 0.25) is 5.02 Å². The van der Waals surface area contributed by atoms with E-state index in [0.29, 0.717) is 23.1 Å². The zero-order chi connectivity index (χ0) is 14.0. The lowest BCUT2D eigenvalue weighted by Gasteiger charge is -2.08. The fraction of sp³-hybridized carbons (Fsp3) is 0.231. The fourth-order valence-electron chi connectivity index (χ4n) is 1.86. The van der Waals surface area contributed by atoms with E-state index in [-0.39, 0.29) is 4.99 Å². The van der Waals surface area contributed by atoms with Crippen LogP contribution in [0, 0.1) is 6.92 Å². The monoisotopic (exact) mass is 295 g/mol. The summed E-state index contributed by atoms with van der Waals surface area (Å²) < 4.78 is 7.40. The molecule has 1 aromatic carbocycles. The van der Waals surface area contributed by atoms with Crippen molar-refractivity contribution in [3.05, 3.63) is 46.1 Å². The molecule has 1 heterocycles. The van der Waals surface area contributed by atoms with Gasteiger partial charge >= 0.3 is 0 Å². The quantitative estimate of drug-likeness (QED) is 0.881. The van der Waals surface area contributed by atoms with Crippen LogP contribution in [0.5, 0.6) is 5.88 Å². The third-order valence-corrected chi connectivity index (χ3v) is 3.12. The summed E-state index contributed by atoms with van der Waals surface area (Å²) in [6, 6.07) is 7.49. The molecule has 0 radical (unpaired) electrons. The fourth-order valence-corrected chi connectivity index (χ4v) is 2.31. The molecule has 0 saturated carbocycles. The van der Waals surface area contributed by atoms with Gasteiger partial charge in [-0.05, 0) is 24.6 Å². The number of aryl methyl sites for hydroxylation is 2. The van der Waals surface area contributed by atoms with Gasteiger partial charge in [0.25, 0.3) is 0 Å². The summed E-state index contributed by atoms with van der Waals surface area (Å²) in [7, 11) is 1.79. The van der Waals surface area contributed by atoms with Crippen LogP contribution >= 0.6 is 23.8 Å². The van der Waals surface area contributed by atoms with E-state index in [1.165, 1.54) is 0 Å². The van der Waals surface area contributed by atoms with E-state index in [0.717, 1.165) is 11.3 Å². The lowest BCUT2D eigenvalue weighted by atomic mass is 10.2.